The van der Waals surface area contributed by atoms with Gasteiger partial charge in [-0.2, -0.15) is 0 Å². The molecule has 21 heavy (non-hydrogen) atoms. The van der Waals surface area contributed by atoms with Crippen LogP contribution >= 0.6 is 0 Å². The second-order valence-electron chi connectivity index (χ2n) is 5.86. The third kappa shape index (κ3) is 4.74. The fraction of sp³-hybridized carbons (Fsp3) is 0.588. The standard InChI is InChI=1S/C17H27N3O/c1-4-9-20(12-17(21)18-3)16-8-5-14(13(2)10-16)11-19-15-6-7-15/h5,8,10,15,19H,4,6-7,9,11-12H2,1-3H3,(H,18,21). The van der Waals surface area contributed by atoms with Gasteiger partial charge in [0, 0.05) is 31.9 Å². The van der Waals surface area contributed by atoms with E-state index in [1.807, 2.05) is 0 Å². The van der Waals surface area contributed by atoms with Crippen molar-refractivity contribution in [3.8, 4) is 0 Å². The van der Waals surface area contributed by atoms with Crippen molar-refractivity contribution in [2.24, 2.45) is 0 Å². The van der Waals surface area contributed by atoms with Crippen LogP contribution in [0.5, 0.6) is 0 Å². The number of carbonyl (C=O) groups is 1. The number of carbonyl (C=O) groups excluding carboxylic acids is 1. The first kappa shape index (κ1) is 15.8. The maximum Gasteiger partial charge on any atom is 0.239 e. The maximum atomic E-state index is 11.6. The lowest BCUT2D eigenvalue weighted by Crippen LogP contribution is -2.36. The highest BCUT2D eigenvalue weighted by molar-refractivity contribution is 5.81. The van der Waals surface area contributed by atoms with Crippen molar-refractivity contribution in [3.63, 3.8) is 0 Å². The molecule has 1 amide bonds. The van der Waals surface area contributed by atoms with Crippen molar-refractivity contribution in [1.29, 1.82) is 0 Å². The van der Waals surface area contributed by atoms with Crippen LogP contribution in [-0.4, -0.2) is 32.1 Å². The van der Waals surface area contributed by atoms with Crippen molar-refractivity contribution in [1.82, 2.24) is 10.6 Å². The summed E-state index contributed by atoms with van der Waals surface area (Å²) in [5, 5.41) is 6.25. The van der Waals surface area contributed by atoms with Crippen molar-refractivity contribution in [2.45, 2.75) is 45.7 Å². The minimum Gasteiger partial charge on any atom is -0.362 e. The first-order valence-electron chi connectivity index (χ1n) is 7.92. The molecule has 4 heteroatoms. The SMILES string of the molecule is CCCN(CC(=O)NC)c1ccc(CNC2CC2)c(C)c1. The molecule has 0 bridgehead atoms. The van der Waals surface area contributed by atoms with Gasteiger partial charge in [0.25, 0.3) is 0 Å². The molecular formula is C17H27N3O. The van der Waals surface area contributed by atoms with Gasteiger partial charge in [0.1, 0.15) is 0 Å². The van der Waals surface area contributed by atoms with Gasteiger partial charge in [-0.1, -0.05) is 13.0 Å². The predicted octanol–water partition coefficient (Wildman–Crippen LogP) is 2.21. The summed E-state index contributed by atoms with van der Waals surface area (Å²) < 4.78 is 0. The van der Waals surface area contributed by atoms with E-state index >= 15 is 0 Å². The fourth-order valence-electron chi connectivity index (χ4n) is 2.44. The highest BCUT2D eigenvalue weighted by atomic mass is 16.1. The van der Waals surface area contributed by atoms with Gasteiger partial charge in [-0.25, -0.2) is 0 Å². The molecule has 1 aliphatic rings. The molecule has 1 aromatic carbocycles. The monoisotopic (exact) mass is 289 g/mol. The van der Waals surface area contributed by atoms with Gasteiger partial charge in [-0.05, 0) is 49.4 Å². The molecule has 116 valence electrons. The number of amides is 1. The van der Waals surface area contributed by atoms with Gasteiger partial charge >= 0.3 is 0 Å². The Morgan fingerprint density at radius 3 is 2.71 bits per heavy atom. The number of nitrogens with one attached hydrogen (secondary N) is 2. The van der Waals surface area contributed by atoms with Crippen LogP contribution in [0.25, 0.3) is 0 Å². The molecule has 1 saturated carbocycles. The molecule has 1 aliphatic carbocycles. The van der Waals surface area contributed by atoms with Gasteiger partial charge < -0.3 is 15.5 Å². The first-order valence-corrected chi connectivity index (χ1v) is 7.92. The zero-order valence-corrected chi connectivity index (χ0v) is 13.4. The molecule has 2 N–H and O–H groups in total. The fourth-order valence-corrected chi connectivity index (χ4v) is 2.44. The zero-order valence-electron chi connectivity index (χ0n) is 13.4. The van der Waals surface area contributed by atoms with E-state index in [9.17, 15) is 4.79 Å². The Balaban J connectivity index is 2.05. The average Bonchev–Trinajstić information content (AvgIpc) is 3.29. The molecule has 0 unspecified atom stereocenters. The number of hydrogen-bond donors (Lipinski definition) is 2. The first-order chi connectivity index (χ1) is 10.1. The average molecular weight is 289 g/mol. The minimum atomic E-state index is 0.0561. The molecule has 2 rings (SSSR count). The van der Waals surface area contributed by atoms with Crippen LogP contribution in [0, 0.1) is 6.92 Å². The van der Waals surface area contributed by atoms with Crippen LogP contribution in [0.15, 0.2) is 18.2 Å². The van der Waals surface area contributed by atoms with Crippen LogP contribution in [-0.2, 0) is 11.3 Å². The Morgan fingerprint density at radius 2 is 2.14 bits per heavy atom. The Bertz CT molecular complexity index is 483. The van der Waals surface area contributed by atoms with Crippen molar-refractivity contribution in [2.75, 3.05) is 25.0 Å². The molecule has 1 fully saturated rings. The van der Waals surface area contributed by atoms with Gasteiger partial charge in [-0.3, -0.25) is 4.79 Å². The number of hydrogen-bond acceptors (Lipinski definition) is 3. The summed E-state index contributed by atoms with van der Waals surface area (Å²) in [6.45, 7) is 6.55. The number of aryl methyl sites for hydroxylation is 1. The van der Waals surface area contributed by atoms with Gasteiger partial charge in [-0.15, -0.1) is 0 Å². The number of rotatable bonds is 8. The third-order valence-electron chi connectivity index (χ3n) is 3.96. The van der Waals surface area contributed by atoms with E-state index in [0.29, 0.717) is 6.54 Å². The lowest BCUT2D eigenvalue weighted by Gasteiger charge is -2.24. The number of likely N-dealkylation sites (N-methyl/N-ethyl adjacent to an activating group) is 1. The van der Waals surface area contributed by atoms with E-state index in [-0.39, 0.29) is 5.91 Å². The lowest BCUT2D eigenvalue weighted by atomic mass is 10.1. The number of anilines is 1. The second-order valence-corrected chi connectivity index (χ2v) is 5.86. The van der Waals surface area contributed by atoms with Crippen LogP contribution in [0.4, 0.5) is 5.69 Å². The molecule has 4 nitrogen and oxygen atoms in total. The van der Waals surface area contributed by atoms with Crippen molar-refractivity contribution in [3.05, 3.63) is 29.3 Å². The summed E-state index contributed by atoms with van der Waals surface area (Å²) in [6, 6.07) is 7.25. The Kier molecular flexibility index (Phi) is 5.62. The van der Waals surface area contributed by atoms with Crippen LogP contribution in [0.3, 0.4) is 0 Å². The summed E-state index contributed by atoms with van der Waals surface area (Å²) in [5.74, 6) is 0.0561. The third-order valence-corrected chi connectivity index (χ3v) is 3.96. The molecule has 0 aromatic heterocycles. The van der Waals surface area contributed by atoms with Crippen molar-refractivity contribution >= 4 is 11.6 Å². The maximum absolute atomic E-state index is 11.6. The number of nitrogens with zero attached hydrogens (tertiary/aromatic N) is 1. The molecule has 0 saturated heterocycles. The summed E-state index contributed by atoms with van der Waals surface area (Å²) in [7, 11) is 1.68. The molecule has 0 spiro atoms. The van der Waals surface area contributed by atoms with E-state index in [4.69, 9.17) is 0 Å². The molecule has 0 heterocycles. The van der Waals surface area contributed by atoms with Gasteiger partial charge in [0.2, 0.25) is 5.91 Å². The minimum absolute atomic E-state index is 0.0561. The highest BCUT2D eigenvalue weighted by Gasteiger charge is 2.20. The number of benzene rings is 1. The van der Waals surface area contributed by atoms with E-state index < -0.39 is 0 Å². The van der Waals surface area contributed by atoms with Crippen LogP contribution in [0.2, 0.25) is 0 Å². The summed E-state index contributed by atoms with van der Waals surface area (Å²) in [6.07, 6.45) is 3.65. The van der Waals surface area contributed by atoms with Gasteiger partial charge in [0.05, 0.1) is 6.54 Å². The topological polar surface area (TPSA) is 44.4 Å². The normalized spacial score (nSPS) is 14.0. The largest absolute Gasteiger partial charge is 0.362 e. The zero-order chi connectivity index (χ0) is 15.2. The van der Waals surface area contributed by atoms with E-state index in [1.165, 1.54) is 24.0 Å². The van der Waals surface area contributed by atoms with E-state index in [2.05, 4.69) is 47.6 Å². The smallest absolute Gasteiger partial charge is 0.239 e. The molecule has 1 aromatic rings. The highest BCUT2D eigenvalue weighted by Crippen LogP contribution is 2.22. The van der Waals surface area contributed by atoms with Gasteiger partial charge in [0.15, 0.2) is 0 Å². The summed E-state index contributed by atoms with van der Waals surface area (Å²) in [4.78, 5) is 13.8. The Hall–Kier alpha value is -1.55. The molecule has 0 radical (unpaired) electrons. The van der Waals surface area contributed by atoms with E-state index in [0.717, 1.165) is 31.2 Å². The Labute approximate surface area is 127 Å². The summed E-state index contributed by atoms with van der Waals surface area (Å²) in [5.41, 5.74) is 3.77. The molecule has 0 atom stereocenters. The molecular weight excluding hydrogens is 262 g/mol. The van der Waals surface area contributed by atoms with Crippen LogP contribution < -0.4 is 15.5 Å². The summed E-state index contributed by atoms with van der Waals surface area (Å²) >= 11 is 0. The van der Waals surface area contributed by atoms with Crippen LogP contribution in [0.1, 0.15) is 37.3 Å². The van der Waals surface area contributed by atoms with E-state index in [1.54, 1.807) is 7.05 Å². The quantitative estimate of drug-likeness (QED) is 0.771. The predicted molar refractivity (Wildman–Crippen MR) is 87.6 cm³/mol. The Morgan fingerprint density at radius 1 is 1.38 bits per heavy atom. The second kappa shape index (κ2) is 7.46. The lowest BCUT2D eigenvalue weighted by molar-refractivity contribution is -0.119. The van der Waals surface area contributed by atoms with Crippen molar-refractivity contribution < 1.29 is 4.79 Å². The molecule has 0 aliphatic heterocycles.